The minimum absolute atomic E-state index is 0.0196. The summed E-state index contributed by atoms with van der Waals surface area (Å²) in [5, 5.41) is 12.8. The van der Waals surface area contributed by atoms with Crippen LogP contribution in [0.4, 0.5) is 0 Å². The van der Waals surface area contributed by atoms with E-state index in [1.54, 1.807) is 31.4 Å². The number of aliphatic hydroxyl groups is 1. The van der Waals surface area contributed by atoms with Crippen molar-refractivity contribution in [3.63, 3.8) is 0 Å². The van der Waals surface area contributed by atoms with E-state index < -0.39 is 22.0 Å². The summed E-state index contributed by atoms with van der Waals surface area (Å²) < 4.78 is 36.7. The normalized spacial score (nSPS) is 12.4. The van der Waals surface area contributed by atoms with Crippen molar-refractivity contribution in [3.8, 4) is 5.75 Å². The van der Waals surface area contributed by atoms with Gasteiger partial charge in [-0.05, 0) is 35.9 Å². The van der Waals surface area contributed by atoms with Gasteiger partial charge in [0.1, 0.15) is 5.75 Å². The van der Waals surface area contributed by atoms with Crippen molar-refractivity contribution in [2.75, 3.05) is 33.9 Å². The monoisotopic (exact) mass is 408 g/mol. The molecule has 152 valence electrons. The van der Waals surface area contributed by atoms with Crippen LogP contribution >= 0.6 is 0 Å². The first kappa shape index (κ1) is 21.8. The molecule has 2 aromatic carbocycles. The van der Waals surface area contributed by atoms with Crippen LogP contribution < -0.4 is 14.8 Å². The second kappa shape index (κ2) is 10.2. The van der Waals surface area contributed by atoms with Gasteiger partial charge in [0.05, 0.1) is 24.7 Å². The zero-order valence-electron chi connectivity index (χ0n) is 15.7. The van der Waals surface area contributed by atoms with Crippen molar-refractivity contribution in [1.82, 2.24) is 10.0 Å². The summed E-state index contributed by atoms with van der Waals surface area (Å²) in [7, 11) is -0.720. The van der Waals surface area contributed by atoms with Crippen molar-refractivity contribution in [2.24, 2.45) is 0 Å². The summed E-state index contributed by atoms with van der Waals surface area (Å²) >= 11 is 0. The summed E-state index contributed by atoms with van der Waals surface area (Å²) in [6, 6.07) is 12.5. The van der Waals surface area contributed by atoms with Gasteiger partial charge in [0.2, 0.25) is 10.0 Å². The highest BCUT2D eigenvalue weighted by Gasteiger charge is 2.16. The number of carbonyl (C=O) groups is 1. The summed E-state index contributed by atoms with van der Waals surface area (Å²) in [5.74, 6) is 0.179. The van der Waals surface area contributed by atoms with E-state index in [2.05, 4.69) is 10.0 Å². The average Bonchev–Trinajstić information content (AvgIpc) is 2.72. The standard InChI is InChI=1S/C19H24N2O6S/c1-26-11-10-21-28(24,25)17-5-3-4-15(12-17)19(23)20-13-18(22)14-6-8-16(27-2)9-7-14/h3-9,12,18,21-22H,10-11,13H2,1-2H3,(H,20,23). The Kier molecular flexibility index (Phi) is 7.94. The summed E-state index contributed by atoms with van der Waals surface area (Å²) in [6.07, 6.45) is -0.905. The van der Waals surface area contributed by atoms with Crippen molar-refractivity contribution >= 4 is 15.9 Å². The highest BCUT2D eigenvalue weighted by molar-refractivity contribution is 7.89. The lowest BCUT2D eigenvalue weighted by Crippen LogP contribution is -2.29. The second-order valence-corrected chi connectivity index (χ2v) is 7.68. The molecule has 9 heteroatoms. The van der Waals surface area contributed by atoms with Crippen LogP contribution in [-0.4, -0.2) is 53.3 Å². The van der Waals surface area contributed by atoms with Gasteiger partial charge >= 0.3 is 0 Å². The predicted molar refractivity (Wildman–Crippen MR) is 104 cm³/mol. The van der Waals surface area contributed by atoms with E-state index in [0.717, 1.165) is 0 Å². The van der Waals surface area contributed by atoms with Crippen LogP contribution in [0.2, 0.25) is 0 Å². The quantitative estimate of drug-likeness (QED) is 0.507. The van der Waals surface area contributed by atoms with Crippen molar-refractivity contribution in [3.05, 3.63) is 59.7 Å². The molecule has 0 saturated heterocycles. The van der Waals surface area contributed by atoms with Gasteiger partial charge in [0.25, 0.3) is 5.91 Å². The number of aliphatic hydroxyl groups excluding tert-OH is 1. The highest BCUT2D eigenvalue weighted by atomic mass is 32.2. The van der Waals surface area contributed by atoms with Crippen molar-refractivity contribution < 1.29 is 27.8 Å². The SMILES string of the molecule is COCCNS(=O)(=O)c1cccc(C(=O)NCC(O)c2ccc(OC)cc2)c1. The Morgan fingerprint density at radius 2 is 1.86 bits per heavy atom. The maximum absolute atomic E-state index is 12.3. The number of sulfonamides is 1. The molecule has 8 nitrogen and oxygen atoms in total. The molecule has 0 heterocycles. The first-order chi connectivity index (χ1) is 13.4. The molecule has 0 aromatic heterocycles. The molecule has 3 N–H and O–H groups in total. The van der Waals surface area contributed by atoms with Crippen LogP contribution in [-0.2, 0) is 14.8 Å². The molecule has 0 spiro atoms. The van der Waals surface area contributed by atoms with Crippen molar-refractivity contribution in [2.45, 2.75) is 11.0 Å². The zero-order valence-corrected chi connectivity index (χ0v) is 16.5. The summed E-state index contributed by atoms with van der Waals surface area (Å²) in [4.78, 5) is 12.3. The molecular formula is C19H24N2O6S. The molecule has 2 rings (SSSR count). The van der Waals surface area contributed by atoms with Crippen LogP contribution in [0.3, 0.4) is 0 Å². The lowest BCUT2D eigenvalue weighted by molar-refractivity contribution is 0.0916. The molecule has 1 amide bonds. The third kappa shape index (κ3) is 6.03. The number of amides is 1. The van der Waals surface area contributed by atoms with E-state index in [1.165, 1.54) is 31.4 Å². The van der Waals surface area contributed by atoms with Crippen LogP contribution in [0.25, 0.3) is 0 Å². The average molecular weight is 408 g/mol. The highest BCUT2D eigenvalue weighted by Crippen LogP contribution is 2.17. The van der Waals surface area contributed by atoms with Gasteiger partial charge in [-0.3, -0.25) is 4.79 Å². The Hall–Kier alpha value is -2.46. The van der Waals surface area contributed by atoms with E-state index in [0.29, 0.717) is 11.3 Å². The minimum Gasteiger partial charge on any atom is -0.497 e. The van der Waals surface area contributed by atoms with Gasteiger partial charge in [-0.25, -0.2) is 13.1 Å². The maximum Gasteiger partial charge on any atom is 0.251 e. The lowest BCUT2D eigenvalue weighted by atomic mass is 10.1. The molecule has 1 unspecified atom stereocenters. The number of nitrogens with one attached hydrogen (secondary N) is 2. The first-order valence-corrected chi connectivity index (χ1v) is 10.0. The van der Waals surface area contributed by atoms with E-state index in [-0.39, 0.29) is 30.2 Å². The molecular weight excluding hydrogens is 384 g/mol. The lowest BCUT2D eigenvalue weighted by Gasteiger charge is -2.13. The Morgan fingerprint density at radius 1 is 1.14 bits per heavy atom. The van der Waals surface area contributed by atoms with Crippen molar-refractivity contribution in [1.29, 1.82) is 0 Å². The van der Waals surface area contributed by atoms with Gasteiger partial charge < -0.3 is 19.9 Å². The fraction of sp³-hybridized carbons (Fsp3) is 0.316. The number of benzene rings is 2. The van der Waals surface area contributed by atoms with E-state index >= 15 is 0 Å². The first-order valence-electron chi connectivity index (χ1n) is 8.56. The number of rotatable bonds is 10. The van der Waals surface area contributed by atoms with E-state index in [9.17, 15) is 18.3 Å². The summed E-state index contributed by atoms with van der Waals surface area (Å²) in [6.45, 7) is 0.347. The molecule has 0 saturated carbocycles. The molecule has 1 atom stereocenters. The van der Waals surface area contributed by atoms with Crippen LogP contribution in [0.5, 0.6) is 5.75 Å². The Balaban J connectivity index is 2.00. The summed E-state index contributed by atoms with van der Waals surface area (Å²) in [5.41, 5.74) is 0.802. The third-order valence-electron chi connectivity index (χ3n) is 3.96. The molecule has 0 aliphatic heterocycles. The van der Waals surface area contributed by atoms with Crippen LogP contribution in [0, 0.1) is 0 Å². The molecule has 28 heavy (non-hydrogen) atoms. The van der Waals surface area contributed by atoms with Gasteiger partial charge in [-0.2, -0.15) is 0 Å². The molecule has 0 fully saturated rings. The molecule has 0 aliphatic carbocycles. The van der Waals surface area contributed by atoms with Gasteiger partial charge in [-0.1, -0.05) is 18.2 Å². The van der Waals surface area contributed by atoms with Gasteiger partial charge in [0.15, 0.2) is 0 Å². The largest absolute Gasteiger partial charge is 0.497 e. The molecule has 0 aliphatic rings. The number of carbonyl (C=O) groups excluding carboxylic acids is 1. The zero-order chi connectivity index (χ0) is 20.6. The number of ether oxygens (including phenoxy) is 2. The fourth-order valence-electron chi connectivity index (χ4n) is 2.40. The number of hydrogen-bond donors (Lipinski definition) is 3. The van der Waals surface area contributed by atoms with E-state index in [1.807, 2.05) is 0 Å². The Morgan fingerprint density at radius 3 is 2.50 bits per heavy atom. The van der Waals surface area contributed by atoms with Crippen LogP contribution in [0.15, 0.2) is 53.4 Å². The Labute approximate surface area is 164 Å². The molecule has 2 aromatic rings. The Bertz CT molecular complexity index is 884. The molecule has 0 radical (unpaired) electrons. The predicted octanol–water partition coefficient (Wildman–Crippen LogP) is 1.08. The second-order valence-electron chi connectivity index (χ2n) is 5.92. The van der Waals surface area contributed by atoms with Crippen LogP contribution in [0.1, 0.15) is 22.0 Å². The van der Waals surface area contributed by atoms with Gasteiger partial charge in [0, 0.05) is 25.8 Å². The van der Waals surface area contributed by atoms with E-state index in [4.69, 9.17) is 9.47 Å². The molecule has 0 bridgehead atoms. The number of methoxy groups -OCH3 is 2. The van der Waals surface area contributed by atoms with Gasteiger partial charge in [-0.15, -0.1) is 0 Å². The maximum atomic E-state index is 12.3. The minimum atomic E-state index is -3.74. The fourth-order valence-corrected chi connectivity index (χ4v) is 3.46. The smallest absolute Gasteiger partial charge is 0.251 e. The topological polar surface area (TPSA) is 114 Å². The third-order valence-corrected chi connectivity index (χ3v) is 5.42. The number of hydrogen-bond acceptors (Lipinski definition) is 6.